The first-order valence-electron chi connectivity index (χ1n) is 5.83. The maximum absolute atomic E-state index is 4.55. The number of hydrogen-bond donors (Lipinski definition) is 0. The third-order valence-corrected chi connectivity index (χ3v) is 3.04. The van der Waals surface area contributed by atoms with Gasteiger partial charge in [-0.15, -0.1) is 0 Å². The predicted octanol–water partition coefficient (Wildman–Crippen LogP) is 1.98. The van der Waals surface area contributed by atoms with Gasteiger partial charge >= 0.3 is 0 Å². The van der Waals surface area contributed by atoms with E-state index in [1.807, 2.05) is 6.20 Å². The molecule has 1 aliphatic rings. The molecule has 0 aromatic heterocycles. The average molecular weight is 200 g/mol. The highest BCUT2D eigenvalue weighted by atomic mass is 14.9. The van der Waals surface area contributed by atoms with Crippen molar-refractivity contribution in [3.8, 4) is 0 Å². The van der Waals surface area contributed by atoms with Crippen molar-refractivity contribution in [3.05, 3.63) is 34.7 Å². The molecule has 0 saturated heterocycles. The molecule has 1 radical (unpaired) electrons. The van der Waals surface area contributed by atoms with E-state index in [0.717, 1.165) is 0 Å². The van der Waals surface area contributed by atoms with Crippen molar-refractivity contribution in [2.24, 2.45) is 5.92 Å². The van der Waals surface area contributed by atoms with Crippen LogP contribution in [0.1, 0.15) is 33.1 Å². The summed E-state index contributed by atoms with van der Waals surface area (Å²) < 4.78 is 0. The molecule has 0 N–H and O–H groups in total. The third-order valence-electron chi connectivity index (χ3n) is 3.04. The molecule has 0 fully saturated rings. The highest BCUT2D eigenvalue weighted by molar-refractivity contribution is 5.56. The van der Waals surface area contributed by atoms with Crippen molar-refractivity contribution in [1.29, 1.82) is 0 Å². The normalized spacial score (nSPS) is 15.5. The number of unbranched alkanes of at least 4 members (excludes halogenated alkanes) is 1. The molecule has 1 aliphatic heterocycles. The SMILES string of the molecule is CCCCC(C)C1=c2ccccc2=C[N]1. The molecule has 79 valence electrons. The summed E-state index contributed by atoms with van der Waals surface area (Å²) in [7, 11) is 0. The molecule has 0 bridgehead atoms. The summed E-state index contributed by atoms with van der Waals surface area (Å²) >= 11 is 0. The van der Waals surface area contributed by atoms with Crippen LogP contribution in [0, 0.1) is 5.92 Å². The molecule has 0 amide bonds. The molecule has 1 aromatic rings. The van der Waals surface area contributed by atoms with Crippen molar-refractivity contribution in [3.63, 3.8) is 0 Å². The van der Waals surface area contributed by atoms with Crippen molar-refractivity contribution >= 4 is 11.9 Å². The van der Waals surface area contributed by atoms with E-state index < -0.39 is 0 Å². The largest absolute Gasteiger partial charge is 0.260 e. The fourth-order valence-corrected chi connectivity index (χ4v) is 2.09. The lowest BCUT2D eigenvalue weighted by Gasteiger charge is -2.11. The molecule has 1 unspecified atom stereocenters. The Hall–Kier alpha value is -1.24. The Kier molecular flexibility index (Phi) is 3.10. The second-order valence-corrected chi connectivity index (χ2v) is 4.27. The number of fused-ring (bicyclic) bond motifs is 1. The fourth-order valence-electron chi connectivity index (χ4n) is 2.09. The minimum absolute atomic E-state index is 0.588. The van der Waals surface area contributed by atoms with Gasteiger partial charge in [-0.1, -0.05) is 51.0 Å². The van der Waals surface area contributed by atoms with E-state index >= 15 is 0 Å². The van der Waals surface area contributed by atoms with E-state index in [2.05, 4.69) is 43.4 Å². The quantitative estimate of drug-likeness (QED) is 0.705. The number of rotatable bonds is 4. The summed E-state index contributed by atoms with van der Waals surface area (Å²) in [6.45, 7) is 4.52. The first kappa shape index (κ1) is 10.3. The zero-order chi connectivity index (χ0) is 10.7. The van der Waals surface area contributed by atoms with Gasteiger partial charge in [0.1, 0.15) is 0 Å². The number of benzene rings is 1. The molecule has 0 saturated carbocycles. The van der Waals surface area contributed by atoms with Gasteiger partial charge in [-0.25, -0.2) is 0 Å². The van der Waals surface area contributed by atoms with Crippen LogP contribution < -0.4 is 15.8 Å². The monoisotopic (exact) mass is 200 g/mol. The van der Waals surface area contributed by atoms with Gasteiger partial charge in [0.15, 0.2) is 0 Å². The Morgan fingerprint density at radius 2 is 2.07 bits per heavy atom. The molecular formula is C14H18N. The lowest BCUT2D eigenvalue weighted by atomic mass is 9.99. The first-order valence-corrected chi connectivity index (χ1v) is 5.83. The van der Waals surface area contributed by atoms with Crippen molar-refractivity contribution in [2.75, 3.05) is 0 Å². The van der Waals surface area contributed by atoms with Crippen LogP contribution in [0.2, 0.25) is 0 Å². The summed E-state index contributed by atoms with van der Waals surface area (Å²) in [5, 5.41) is 7.16. The summed E-state index contributed by atoms with van der Waals surface area (Å²) in [5.41, 5.74) is 1.28. The van der Waals surface area contributed by atoms with Crippen LogP contribution in [0.4, 0.5) is 0 Å². The second-order valence-electron chi connectivity index (χ2n) is 4.27. The topological polar surface area (TPSA) is 14.1 Å². The minimum Gasteiger partial charge on any atom is -0.260 e. The van der Waals surface area contributed by atoms with E-state index in [0.29, 0.717) is 5.92 Å². The van der Waals surface area contributed by atoms with Crippen LogP contribution in [0.15, 0.2) is 24.3 Å². The molecule has 15 heavy (non-hydrogen) atoms. The van der Waals surface area contributed by atoms with Gasteiger partial charge in [-0.05, 0) is 12.3 Å². The van der Waals surface area contributed by atoms with E-state index in [-0.39, 0.29) is 0 Å². The predicted molar refractivity (Wildman–Crippen MR) is 64.4 cm³/mol. The van der Waals surface area contributed by atoms with Gasteiger partial charge in [0.05, 0.1) is 5.70 Å². The zero-order valence-electron chi connectivity index (χ0n) is 9.53. The third kappa shape index (κ3) is 2.06. The van der Waals surface area contributed by atoms with Gasteiger partial charge in [0.25, 0.3) is 0 Å². The Labute approximate surface area is 91.5 Å². The Morgan fingerprint density at radius 1 is 1.27 bits per heavy atom. The summed E-state index contributed by atoms with van der Waals surface area (Å²) in [4.78, 5) is 0. The molecular weight excluding hydrogens is 182 g/mol. The molecule has 1 heteroatoms. The summed E-state index contributed by atoms with van der Waals surface area (Å²) in [6.07, 6.45) is 5.80. The van der Waals surface area contributed by atoms with Crippen LogP contribution in [0.25, 0.3) is 11.9 Å². The van der Waals surface area contributed by atoms with Crippen LogP contribution in [-0.4, -0.2) is 0 Å². The number of hydrogen-bond acceptors (Lipinski definition) is 0. The van der Waals surface area contributed by atoms with E-state index in [4.69, 9.17) is 0 Å². The van der Waals surface area contributed by atoms with Crippen molar-refractivity contribution in [1.82, 2.24) is 5.32 Å². The van der Waals surface area contributed by atoms with E-state index in [1.54, 1.807) is 0 Å². The standard InChI is InChI=1S/C14H18N/c1-3-4-7-11(2)14-13-9-6-5-8-12(13)10-15-14/h5-6,8-11H,3-4,7H2,1-2H3. The van der Waals surface area contributed by atoms with Gasteiger partial charge in [-0.2, -0.15) is 0 Å². The number of nitrogens with zero attached hydrogens (tertiary/aromatic N) is 1. The summed E-state index contributed by atoms with van der Waals surface area (Å²) in [5.74, 6) is 0.588. The molecule has 1 heterocycles. The first-order chi connectivity index (χ1) is 7.33. The van der Waals surface area contributed by atoms with E-state index in [1.165, 1.54) is 35.4 Å². The Morgan fingerprint density at radius 3 is 2.87 bits per heavy atom. The van der Waals surface area contributed by atoms with Gasteiger partial charge in [0, 0.05) is 16.6 Å². The van der Waals surface area contributed by atoms with Gasteiger partial charge in [0.2, 0.25) is 0 Å². The lowest BCUT2D eigenvalue weighted by molar-refractivity contribution is 0.597. The Bertz CT molecular complexity index is 445. The molecule has 2 rings (SSSR count). The van der Waals surface area contributed by atoms with Crippen LogP contribution in [0.3, 0.4) is 0 Å². The molecule has 1 aromatic carbocycles. The smallest absolute Gasteiger partial charge is 0.0510 e. The van der Waals surface area contributed by atoms with Crippen LogP contribution in [-0.2, 0) is 0 Å². The zero-order valence-corrected chi connectivity index (χ0v) is 9.53. The second kappa shape index (κ2) is 4.52. The molecule has 1 atom stereocenters. The van der Waals surface area contributed by atoms with Crippen LogP contribution in [0.5, 0.6) is 0 Å². The average Bonchev–Trinajstić information content (AvgIpc) is 2.69. The van der Waals surface area contributed by atoms with E-state index in [9.17, 15) is 0 Å². The minimum atomic E-state index is 0.588. The highest BCUT2D eigenvalue weighted by Crippen LogP contribution is 2.17. The summed E-state index contributed by atoms with van der Waals surface area (Å²) in [6, 6.07) is 8.49. The molecule has 1 nitrogen and oxygen atoms in total. The van der Waals surface area contributed by atoms with Crippen LogP contribution >= 0.6 is 0 Å². The maximum Gasteiger partial charge on any atom is 0.0510 e. The maximum atomic E-state index is 4.55. The van der Waals surface area contributed by atoms with Gasteiger partial charge in [-0.3, -0.25) is 5.32 Å². The van der Waals surface area contributed by atoms with Crippen molar-refractivity contribution < 1.29 is 0 Å². The Balaban J connectivity index is 2.29. The lowest BCUT2D eigenvalue weighted by Crippen LogP contribution is -2.24. The fraction of sp³-hybridized carbons (Fsp3) is 0.429. The van der Waals surface area contributed by atoms with Crippen molar-refractivity contribution in [2.45, 2.75) is 33.1 Å². The highest BCUT2D eigenvalue weighted by Gasteiger charge is 2.13. The molecule has 0 spiro atoms. The molecule has 0 aliphatic carbocycles. The van der Waals surface area contributed by atoms with Gasteiger partial charge < -0.3 is 0 Å².